The minimum Gasteiger partial charge on any atom is -0.466 e. The maximum Gasteiger partial charge on any atom is 0.302 e. The molecule has 0 unspecified atom stereocenters. The van der Waals surface area contributed by atoms with Gasteiger partial charge in [0.05, 0.1) is 6.61 Å². The molecule has 0 aliphatic carbocycles. The van der Waals surface area contributed by atoms with Gasteiger partial charge in [-0.05, 0) is 44.4 Å². The molecule has 0 amide bonds. The monoisotopic (exact) mass is 252 g/mol. The van der Waals surface area contributed by atoms with Crippen LogP contribution >= 0.6 is 0 Å². The molecule has 0 aromatic rings. The molecule has 0 rings (SSSR count). The second kappa shape index (κ2) is 9.93. The minimum absolute atomic E-state index is 0.187. The fourth-order valence-electron chi connectivity index (χ4n) is 1.99. The van der Waals surface area contributed by atoms with Crippen molar-refractivity contribution in [2.45, 2.75) is 52.9 Å². The Hall–Kier alpha value is -1.05. The van der Waals surface area contributed by atoms with Gasteiger partial charge >= 0.3 is 5.97 Å². The molecule has 0 bridgehead atoms. The summed E-state index contributed by atoms with van der Waals surface area (Å²) >= 11 is 0. The highest BCUT2D eigenvalue weighted by atomic mass is 16.5. The van der Waals surface area contributed by atoms with Crippen molar-refractivity contribution in [1.82, 2.24) is 0 Å². The molecule has 0 aromatic carbocycles. The summed E-state index contributed by atoms with van der Waals surface area (Å²) in [4.78, 5) is 10.7. The van der Waals surface area contributed by atoms with Crippen molar-refractivity contribution in [2.75, 3.05) is 6.61 Å². The van der Waals surface area contributed by atoms with Gasteiger partial charge in [-0.2, -0.15) is 0 Å². The van der Waals surface area contributed by atoms with Crippen LogP contribution in [0, 0.1) is 11.8 Å². The topological polar surface area (TPSA) is 26.3 Å². The number of ether oxygens (including phenoxy) is 1. The molecule has 18 heavy (non-hydrogen) atoms. The molecule has 0 fully saturated rings. The first-order valence-electron chi connectivity index (χ1n) is 6.87. The fraction of sp³-hybridized carbons (Fsp3) is 0.688. The van der Waals surface area contributed by atoms with E-state index in [1.807, 2.05) is 6.08 Å². The first-order chi connectivity index (χ1) is 8.47. The van der Waals surface area contributed by atoms with E-state index in [2.05, 4.69) is 27.0 Å². The van der Waals surface area contributed by atoms with Crippen LogP contribution in [0.1, 0.15) is 52.9 Å². The van der Waals surface area contributed by atoms with E-state index in [0.29, 0.717) is 18.4 Å². The molecule has 0 spiro atoms. The number of rotatable bonds is 10. The second-order valence-electron chi connectivity index (χ2n) is 5.22. The molecule has 0 radical (unpaired) electrons. The summed E-state index contributed by atoms with van der Waals surface area (Å²) in [6.07, 6.45) is 7.46. The lowest BCUT2D eigenvalue weighted by atomic mass is 9.88. The van der Waals surface area contributed by atoms with E-state index in [4.69, 9.17) is 4.74 Å². The number of carbonyl (C=O) groups excluding carboxylic acids is 1. The number of hydrogen-bond acceptors (Lipinski definition) is 2. The van der Waals surface area contributed by atoms with Crippen LogP contribution in [0.15, 0.2) is 24.8 Å². The molecule has 0 saturated heterocycles. The van der Waals surface area contributed by atoms with Crippen molar-refractivity contribution in [3.63, 3.8) is 0 Å². The van der Waals surface area contributed by atoms with Gasteiger partial charge in [0, 0.05) is 6.92 Å². The highest BCUT2D eigenvalue weighted by Gasteiger charge is 2.11. The number of hydrogen-bond donors (Lipinski definition) is 0. The van der Waals surface area contributed by atoms with Crippen LogP contribution in [0.3, 0.4) is 0 Å². The first kappa shape index (κ1) is 16.9. The van der Waals surface area contributed by atoms with Crippen LogP contribution in [-0.2, 0) is 9.53 Å². The summed E-state index contributed by atoms with van der Waals surface area (Å²) < 4.78 is 4.96. The van der Waals surface area contributed by atoms with E-state index in [9.17, 15) is 4.79 Å². The summed E-state index contributed by atoms with van der Waals surface area (Å²) in [6, 6.07) is 0. The van der Waals surface area contributed by atoms with Gasteiger partial charge in [0.2, 0.25) is 0 Å². The summed E-state index contributed by atoms with van der Waals surface area (Å²) in [5, 5.41) is 0. The number of esters is 1. The van der Waals surface area contributed by atoms with Crippen LogP contribution in [0.25, 0.3) is 0 Å². The lowest BCUT2D eigenvalue weighted by Gasteiger charge is -2.19. The van der Waals surface area contributed by atoms with E-state index in [1.54, 1.807) is 0 Å². The Kier molecular flexibility index (Phi) is 9.35. The van der Waals surface area contributed by atoms with Crippen LogP contribution < -0.4 is 0 Å². The van der Waals surface area contributed by atoms with Gasteiger partial charge in [0.25, 0.3) is 0 Å². The molecule has 2 nitrogen and oxygen atoms in total. The predicted octanol–water partition coefficient (Wildman–Crippen LogP) is 4.51. The quantitative estimate of drug-likeness (QED) is 0.422. The Morgan fingerprint density at radius 2 is 1.89 bits per heavy atom. The Morgan fingerprint density at radius 3 is 2.39 bits per heavy atom. The summed E-state index contributed by atoms with van der Waals surface area (Å²) in [6.45, 7) is 14.2. The van der Waals surface area contributed by atoms with Crippen molar-refractivity contribution in [3.05, 3.63) is 24.8 Å². The maximum atomic E-state index is 10.7. The molecule has 0 aromatic heterocycles. The van der Waals surface area contributed by atoms with Crippen LogP contribution in [0.5, 0.6) is 0 Å². The first-order valence-corrected chi connectivity index (χ1v) is 6.87. The summed E-state index contributed by atoms with van der Waals surface area (Å²) in [7, 11) is 0. The van der Waals surface area contributed by atoms with Gasteiger partial charge in [-0.3, -0.25) is 4.79 Å². The molecule has 0 saturated carbocycles. The lowest BCUT2D eigenvalue weighted by Crippen LogP contribution is -2.08. The zero-order chi connectivity index (χ0) is 14.0. The molecule has 0 heterocycles. The van der Waals surface area contributed by atoms with Gasteiger partial charge in [0.1, 0.15) is 0 Å². The molecular weight excluding hydrogens is 224 g/mol. The van der Waals surface area contributed by atoms with Crippen molar-refractivity contribution in [3.8, 4) is 0 Å². The van der Waals surface area contributed by atoms with E-state index in [1.165, 1.54) is 18.9 Å². The van der Waals surface area contributed by atoms with Crippen molar-refractivity contribution in [2.24, 2.45) is 11.8 Å². The van der Waals surface area contributed by atoms with Crippen molar-refractivity contribution in [1.29, 1.82) is 0 Å². The molecule has 104 valence electrons. The largest absolute Gasteiger partial charge is 0.466 e. The summed E-state index contributed by atoms with van der Waals surface area (Å²) in [5.41, 5.74) is 1.27. The van der Waals surface area contributed by atoms with Gasteiger partial charge in [0.15, 0.2) is 0 Å². The highest BCUT2D eigenvalue weighted by molar-refractivity contribution is 5.65. The zero-order valence-corrected chi connectivity index (χ0v) is 12.2. The van der Waals surface area contributed by atoms with E-state index < -0.39 is 0 Å². The molecule has 0 N–H and O–H groups in total. The molecule has 0 aliphatic heterocycles. The summed E-state index contributed by atoms with van der Waals surface area (Å²) in [5.74, 6) is 1.00. The van der Waals surface area contributed by atoms with E-state index in [0.717, 1.165) is 25.7 Å². The van der Waals surface area contributed by atoms with Gasteiger partial charge < -0.3 is 4.74 Å². The third kappa shape index (κ3) is 9.03. The highest BCUT2D eigenvalue weighted by Crippen LogP contribution is 2.24. The molecule has 2 atom stereocenters. The van der Waals surface area contributed by atoms with Gasteiger partial charge in [-0.15, -0.1) is 6.58 Å². The van der Waals surface area contributed by atoms with Gasteiger partial charge in [-0.1, -0.05) is 31.6 Å². The Bertz CT molecular complexity index is 268. The average molecular weight is 252 g/mol. The number of carbonyl (C=O) groups is 1. The Labute approximate surface area is 112 Å². The van der Waals surface area contributed by atoms with Crippen molar-refractivity contribution < 1.29 is 9.53 Å². The predicted molar refractivity (Wildman–Crippen MR) is 77.4 cm³/mol. The van der Waals surface area contributed by atoms with Gasteiger partial charge in [-0.25, -0.2) is 0 Å². The SMILES string of the molecule is C=CCC[C@H](CC[C@H](C)CCOC(C)=O)C(=C)C. The maximum absolute atomic E-state index is 10.7. The second-order valence-corrected chi connectivity index (χ2v) is 5.22. The normalized spacial score (nSPS) is 13.7. The van der Waals surface area contributed by atoms with E-state index in [-0.39, 0.29) is 5.97 Å². The zero-order valence-electron chi connectivity index (χ0n) is 12.2. The van der Waals surface area contributed by atoms with Crippen LogP contribution in [-0.4, -0.2) is 12.6 Å². The Balaban J connectivity index is 3.84. The molecular formula is C16H28O2. The fourth-order valence-corrected chi connectivity index (χ4v) is 1.99. The smallest absolute Gasteiger partial charge is 0.302 e. The number of allylic oxidation sites excluding steroid dienone is 2. The third-order valence-electron chi connectivity index (χ3n) is 3.34. The van der Waals surface area contributed by atoms with E-state index >= 15 is 0 Å². The van der Waals surface area contributed by atoms with Crippen molar-refractivity contribution >= 4 is 5.97 Å². The van der Waals surface area contributed by atoms with Crippen LogP contribution in [0.2, 0.25) is 0 Å². The Morgan fingerprint density at radius 1 is 1.22 bits per heavy atom. The average Bonchev–Trinajstić information content (AvgIpc) is 2.28. The molecule has 0 aliphatic rings. The standard InChI is InChI=1S/C16H28O2/c1-6-7-8-16(13(2)3)10-9-14(4)11-12-18-15(5)17/h6,14,16H,1-2,7-12H2,3-5H3/t14-,16+/m0/s1. The third-order valence-corrected chi connectivity index (χ3v) is 3.34. The van der Waals surface area contributed by atoms with Crippen LogP contribution in [0.4, 0.5) is 0 Å². The minimum atomic E-state index is -0.187. The lowest BCUT2D eigenvalue weighted by molar-refractivity contribution is -0.141. The molecule has 2 heteroatoms.